The molecule has 1 fully saturated rings. The fourth-order valence-electron chi connectivity index (χ4n) is 1.94. The summed E-state index contributed by atoms with van der Waals surface area (Å²) in [5.41, 5.74) is -0.0495. The van der Waals surface area contributed by atoms with Crippen molar-refractivity contribution >= 4 is 22.4 Å². The minimum atomic E-state index is -0.769. The molecule has 1 saturated heterocycles. The minimum Gasteiger partial charge on any atom is -0.373 e. The summed E-state index contributed by atoms with van der Waals surface area (Å²) in [5, 5.41) is 22.7. The first-order valence-corrected chi connectivity index (χ1v) is 7.11. The SMILES string of the molecule is CN1CC(C(O)Nc2nnc(C(C)(C)C)s2)CC1=O. The fraction of sp³-hybridized carbons (Fsp3) is 0.750. The Labute approximate surface area is 116 Å². The van der Waals surface area contributed by atoms with Gasteiger partial charge in [0, 0.05) is 31.3 Å². The lowest BCUT2D eigenvalue weighted by atomic mass is 9.98. The molecular formula is C12H20N4O2S. The lowest BCUT2D eigenvalue weighted by molar-refractivity contribution is -0.126. The number of aliphatic hydroxyl groups is 1. The van der Waals surface area contributed by atoms with Gasteiger partial charge in [0.1, 0.15) is 11.2 Å². The Bertz CT molecular complexity index is 469. The van der Waals surface area contributed by atoms with Crippen LogP contribution in [0.5, 0.6) is 0 Å². The number of carbonyl (C=O) groups is 1. The van der Waals surface area contributed by atoms with E-state index < -0.39 is 6.23 Å². The smallest absolute Gasteiger partial charge is 0.222 e. The van der Waals surface area contributed by atoms with Gasteiger partial charge >= 0.3 is 0 Å². The maximum absolute atomic E-state index is 11.4. The summed E-state index contributed by atoms with van der Waals surface area (Å²) in [6.07, 6.45) is -0.398. The summed E-state index contributed by atoms with van der Waals surface area (Å²) in [7, 11) is 1.75. The van der Waals surface area contributed by atoms with Crippen molar-refractivity contribution in [1.82, 2.24) is 15.1 Å². The van der Waals surface area contributed by atoms with Crippen molar-refractivity contribution in [3.05, 3.63) is 5.01 Å². The van der Waals surface area contributed by atoms with Gasteiger partial charge in [-0.2, -0.15) is 0 Å². The number of carbonyl (C=O) groups excluding carboxylic acids is 1. The molecule has 7 heteroatoms. The topological polar surface area (TPSA) is 78.3 Å². The van der Waals surface area contributed by atoms with Gasteiger partial charge in [0.25, 0.3) is 0 Å². The molecule has 1 amide bonds. The van der Waals surface area contributed by atoms with Crippen LogP contribution in [0.1, 0.15) is 32.2 Å². The second-order valence-electron chi connectivity index (χ2n) is 5.99. The van der Waals surface area contributed by atoms with E-state index in [1.807, 2.05) is 0 Å². The Kier molecular flexibility index (Phi) is 3.78. The molecule has 0 spiro atoms. The van der Waals surface area contributed by atoms with Crippen molar-refractivity contribution in [3.63, 3.8) is 0 Å². The van der Waals surface area contributed by atoms with E-state index in [9.17, 15) is 9.90 Å². The first-order chi connectivity index (χ1) is 8.77. The molecule has 106 valence electrons. The van der Waals surface area contributed by atoms with Crippen molar-refractivity contribution in [2.75, 3.05) is 18.9 Å². The largest absolute Gasteiger partial charge is 0.373 e. The van der Waals surface area contributed by atoms with Gasteiger partial charge in [-0.1, -0.05) is 32.1 Å². The minimum absolute atomic E-state index is 0.0495. The Balaban J connectivity index is 1.98. The predicted molar refractivity (Wildman–Crippen MR) is 74.0 cm³/mol. The number of nitrogens with zero attached hydrogens (tertiary/aromatic N) is 3. The number of anilines is 1. The molecule has 6 nitrogen and oxygen atoms in total. The molecular weight excluding hydrogens is 264 g/mol. The van der Waals surface area contributed by atoms with Crippen LogP contribution < -0.4 is 5.32 Å². The molecule has 19 heavy (non-hydrogen) atoms. The van der Waals surface area contributed by atoms with Gasteiger partial charge in [-0.15, -0.1) is 10.2 Å². The van der Waals surface area contributed by atoms with Crippen molar-refractivity contribution in [2.24, 2.45) is 5.92 Å². The van der Waals surface area contributed by atoms with Crippen LogP contribution in [-0.4, -0.2) is 45.9 Å². The van der Waals surface area contributed by atoms with Crippen molar-refractivity contribution in [1.29, 1.82) is 0 Å². The number of likely N-dealkylation sites (tertiary alicyclic amines) is 1. The number of aromatic nitrogens is 2. The standard InChI is InChI=1S/C12H20N4O2S/c1-12(2,3)10-14-15-11(19-10)13-9(18)7-5-8(17)16(4)6-7/h7,9,18H,5-6H2,1-4H3,(H,13,15). The molecule has 2 heterocycles. The normalized spacial score (nSPS) is 21.8. The molecule has 1 aliphatic rings. The Morgan fingerprint density at radius 1 is 1.47 bits per heavy atom. The number of rotatable bonds is 3. The van der Waals surface area contributed by atoms with Crippen molar-refractivity contribution in [2.45, 2.75) is 38.8 Å². The summed E-state index contributed by atoms with van der Waals surface area (Å²) in [6, 6.07) is 0. The first-order valence-electron chi connectivity index (χ1n) is 6.30. The van der Waals surface area contributed by atoms with E-state index in [1.165, 1.54) is 11.3 Å². The van der Waals surface area contributed by atoms with Gasteiger partial charge in [-0.25, -0.2) is 0 Å². The molecule has 0 aliphatic carbocycles. The molecule has 0 saturated carbocycles. The predicted octanol–water partition coefficient (Wildman–Crippen LogP) is 1.04. The van der Waals surface area contributed by atoms with E-state index in [-0.39, 0.29) is 17.2 Å². The van der Waals surface area contributed by atoms with Gasteiger partial charge in [-0.05, 0) is 0 Å². The van der Waals surface area contributed by atoms with Gasteiger partial charge in [-0.3, -0.25) is 4.79 Å². The molecule has 1 aliphatic heterocycles. The number of hydrogen-bond donors (Lipinski definition) is 2. The highest BCUT2D eigenvalue weighted by molar-refractivity contribution is 7.15. The Morgan fingerprint density at radius 3 is 2.63 bits per heavy atom. The number of aliphatic hydroxyl groups excluding tert-OH is 1. The molecule has 0 radical (unpaired) electrons. The van der Waals surface area contributed by atoms with Crippen LogP contribution in [0.4, 0.5) is 5.13 Å². The van der Waals surface area contributed by atoms with Crippen LogP contribution >= 0.6 is 11.3 Å². The van der Waals surface area contributed by atoms with Crippen molar-refractivity contribution < 1.29 is 9.90 Å². The third kappa shape index (κ3) is 3.22. The summed E-state index contributed by atoms with van der Waals surface area (Å²) in [5.74, 6) is -0.0296. The van der Waals surface area contributed by atoms with Crippen molar-refractivity contribution in [3.8, 4) is 0 Å². The highest BCUT2D eigenvalue weighted by Crippen LogP contribution is 2.29. The zero-order valence-electron chi connectivity index (χ0n) is 11.7. The maximum atomic E-state index is 11.4. The average Bonchev–Trinajstić information content (AvgIpc) is 2.86. The summed E-state index contributed by atoms with van der Waals surface area (Å²) < 4.78 is 0. The van der Waals surface area contributed by atoms with Crippen LogP contribution in [0.15, 0.2) is 0 Å². The van der Waals surface area contributed by atoms with Gasteiger partial charge in [0.15, 0.2) is 0 Å². The molecule has 0 aromatic carbocycles. The van der Waals surface area contributed by atoms with E-state index >= 15 is 0 Å². The molecule has 2 N–H and O–H groups in total. The summed E-state index contributed by atoms with van der Waals surface area (Å²) in [6.45, 7) is 6.77. The molecule has 2 atom stereocenters. The molecule has 2 unspecified atom stereocenters. The highest BCUT2D eigenvalue weighted by Gasteiger charge is 2.32. The molecule has 2 rings (SSSR count). The third-order valence-electron chi connectivity index (χ3n) is 3.16. The van der Waals surface area contributed by atoms with E-state index in [2.05, 4.69) is 36.3 Å². The monoisotopic (exact) mass is 284 g/mol. The lowest BCUT2D eigenvalue weighted by Gasteiger charge is -2.18. The Hall–Kier alpha value is -1.21. The lowest BCUT2D eigenvalue weighted by Crippen LogP contribution is -2.30. The third-order valence-corrected chi connectivity index (χ3v) is 4.44. The summed E-state index contributed by atoms with van der Waals surface area (Å²) in [4.78, 5) is 13.1. The van der Waals surface area contributed by atoms with E-state index in [0.29, 0.717) is 18.1 Å². The second kappa shape index (κ2) is 5.05. The van der Waals surface area contributed by atoms with Gasteiger partial charge < -0.3 is 15.3 Å². The Morgan fingerprint density at radius 2 is 2.16 bits per heavy atom. The highest BCUT2D eigenvalue weighted by atomic mass is 32.1. The number of nitrogens with one attached hydrogen (secondary N) is 1. The number of hydrogen-bond acceptors (Lipinski definition) is 6. The van der Waals surface area contributed by atoms with Crippen LogP contribution in [0.2, 0.25) is 0 Å². The number of amides is 1. The van der Waals surface area contributed by atoms with E-state index in [1.54, 1.807) is 11.9 Å². The van der Waals surface area contributed by atoms with E-state index in [4.69, 9.17) is 0 Å². The fourth-order valence-corrected chi connectivity index (χ4v) is 2.77. The second-order valence-corrected chi connectivity index (χ2v) is 6.97. The summed E-state index contributed by atoms with van der Waals surface area (Å²) >= 11 is 1.44. The molecule has 1 aromatic rings. The van der Waals surface area contributed by atoms with Crippen LogP contribution in [0.25, 0.3) is 0 Å². The van der Waals surface area contributed by atoms with Gasteiger partial charge in [0.05, 0.1) is 0 Å². The maximum Gasteiger partial charge on any atom is 0.222 e. The van der Waals surface area contributed by atoms with Gasteiger partial charge in [0.2, 0.25) is 11.0 Å². The zero-order chi connectivity index (χ0) is 14.2. The zero-order valence-corrected chi connectivity index (χ0v) is 12.5. The average molecular weight is 284 g/mol. The van der Waals surface area contributed by atoms with Crippen LogP contribution in [0, 0.1) is 5.92 Å². The van der Waals surface area contributed by atoms with Crippen LogP contribution in [-0.2, 0) is 10.2 Å². The molecule has 0 bridgehead atoms. The quantitative estimate of drug-likeness (QED) is 0.811. The molecule has 1 aromatic heterocycles. The van der Waals surface area contributed by atoms with E-state index in [0.717, 1.165) is 5.01 Å². The first kappa shape index (κ1) is 14.2. The van der Waals surface area contributed by atoms with Crippen LogP contribution in [0.3, 0.4) is 0 Å².